The number of nitrogens with one attached hydrogen (secondary N) is 1. The van der Waals surface area contributed by atoms with E-state index in [2.05, 4.69) is 33.0 Å². The highest BCUT2D eigenvalue weighted by molar-refractivity contribution is 5.01. The summed E-state index contributed by atoms with van der Waals surface area (Å²) in [5.41, 5.74) is 0.118. The molecule has 14 heavy (non-hydrogen) atoms. The molecule has 0 spiro atoms. The van der Waals surface area contributed by atoms with Gasteiger partial charge in [0.15, 0.2) is 0 Å². The van der Waals surface area contributed by atoms with Crippen LogP contribution in [0.25, 0.3) is 0 Å². The summed E-state index contributed by atoms with van der Waals surface area (Å²) in [7, 11) is 0. The Morgan fingerprint density at radius 3 is 2.36 bits per heavy atom. The molecular formula is C12H23NO. The van der Waals surface area contributed by atoms with Gasteiger partial charge in [-0.15, -0.1) is 0 Å². The first-order chi connectivity index (χ1) is 6.46. The van der Waals surface area contributed by atoms with Crippen LogP contribution in [0.4, 0.5) is 0 Å². The van der Waals surface area contributed by atoms with Crippen molar-refractivity contribution >= 4 is 0 Å². The highest BCUT2D eigenvalue weighted by atomic mass is 16.5. The van der Waals surface area contributed by atoms with Crippen LogP contribution < -0.4 is 5.32 Å². The zero-order chi connectivity index (χ0) is 10.4. The van der Waals surface area contributed by atoms with Crippen molar-refractivity contribution in [2.75, 3.05) is 13.1 Å². The van der Waals surface area contributed by atoms with Crippen molar-refractivity contribution in [1.29, 1.82) is 0 Å². The highest BCUT2D eigenvalue weighted by Gasteiger charge is 2.49. The van der Waals surface area contributed by atoms with Crippen LogP contribution in [0.3, 0.4) is 0 Å². The number of hydrogen-bond donors (Lipinski definition) is 1. The lowest BCUT2D eigenvalue weighted by Crippen LogP contribution is -2.60. The summed E-state index contributed by atoms with van der Waals surface area (Å²) in [6.45, 7) is 11.0. The Morgan fingerprint density at radius 2 is 1.86 bits per heavy atom. The molecular weight excluding hydrogens is 174 g/mol. The molecule has 2 nitrogen and oxygen atoms in total. The van der Waals surface area contributed by atoms with Crippen LogP contribution in [-0.4, -0.2) is 24.3 Å². The first-order valence-electron chi connectivity index (χ1n) is 5.87. The average Bonchev–Trinajstić information content (AvgIpc) is 2.85. The normalized spacial score (nSPS) is 44.4. The van der Waals surface area contributed by atoms with Gasteiger partial charge in [-0.1, -0.05) is 13.8 Å². The minimum Gasteiger partial charge on any atom is -0.366 e. The van der Waals surface area contributed by atoms with E-state index >= 15 is 0 Å². The second-order valence-electron chi connectivity index (χ2n) is 5.76. The highest BCUT2D eigenvalue weighted by Crippen LogP contribution is 2.45. The van der Waals surface area contributed by atoms with Gasteiger partial charge in [0.1, 0.15) is 0 Å². The van der Waals surface area contributed by atoms with Crippen molar-refractivity contribution < 1.29 is 4.74 Å². The van der Waals surface area contributed by atoms with Crippen molar-refractivity contribution in [3.63, 3.8) is 0 Å². The quantitative estimate of drug-likeness (QED) is 0.732. The molecule has 0 aromatic rings. The summed E-state index contributed by atoms with van der Waals surface area (Å²) in [4.78, 5) is 0. The second-order valence-corrected chi connectivity index (χ2v) is 5.76. The zero-order valence-corrected chi connectivity index (χ0v) is 9.89. The second kappa shape index (κ2) is 3.21. The van der Waals surface area contributed by atoms with E-state index in [0.717, 1.165) is 19.0 Å². The van der Waals surface area contributed by atoms with E-state index in [0.29, 0.717) is 5.92 Å². The maximum atomic E-state index is 6.38. The fourth-order valence-corrected chi connectivity index (χ4v) is 2.41. The van der Waals surface area contributed by atoms with Gasteiger partial charge in [-0.3, -0.25) is 0 Å². The summed E-state index contributed by atoms with van der Waals surface area (Å²) in [5, 5.41) is 3.54. The molecule has 2 fully saturated rings. The fourth-order valence-electron chi connectivity index (χ4n) is 2.41. The molecule has 0 bridgehead atoms. The molecule has 2 atom stereocenters. The molecule has 1 N–H and O–H groups in total. The first-order valence-corrected chi connectivity index (χ1v) is 5.87. The Balaban J connectivity index is 2.09. The van der Waals surface area contributed by atoms with E-state index in [4.69, 9.17) is 4.74 Å². The van der Waals surface area contributed by atoms with Crippen molar-refractivity contribution in [3.05, 3.63) is 0 Å². The lowest BCUT2D eigenvalue weighted by atomic mass is 9.86. The molecule has 82 valence electrons. The van der Waals surface area contributed by atoms with E-state index < -0.39 is 0 Å². The average molecular weight is 197 g/mol. The minimum atomic E-state index is 0.0234. The van der Waals surface area contributed by atoms with Crippen molar-refractivity contribution in [2.24, 2.45) is 11.8 Å². The largest absolute Gasteiger partial charge is 0.366 e. The van der Waals surface area contributed by atoms with E-state index in [9.17, 15) is 0 Å². The molecule has 2 rings (SSSR count). The third-order valence-corrected chi connectivity index (χ3v) is 4.08. The molecule has 0 radical (unpaired) electrons. The first kappa shape index (κ1) is 10.4. The molecule has 1 aliphatic heterocycles. The molecule has 1 saturated heterocycles. The summed E-state index contributed by atoms with van der Waals surface area (Å²) in [5.74, 6) is 1.38. The number of hydrogen-bond acceptors (Lipinski definition) is 2. The topological polar surface area (TPSA) is 21.3 Å². The maximum absolute atomic E-state index is 6.38. The Bertz CT molecular complexity index is 210. The fraction of sp³-hybridized carbons (Fsp3) is 1.00. The molecule has 2 heteroatoms. The van der Waals surface area contributed by atoms with Crippen molar-refractivity contribution in [2.45, 2.75) is 51.7 Å². The third-order valence-electron chi connectivity index (χ3n) is 4.08. The Hall–Kier alpha value is -0.0800. The van der Waals surface area contributed by atoms with Gasteiger partial charge in [0.25, 0.3) is 0 Å². The van der Waals surface area contributed by atoms with Gasteiger partial charge in [0.2, 0.25) is 0 Å². The van der Waals surface area contributed by atoms with Gasteiger partial charge in [-0.2, -0.15) is 0 Å². The van der Waals surface area contributed by atoms with Gasteiger partial charge in [-0.25, -0.2) is 0 Å². The van der Waals surface area contributed by atoms with Crippen LogP contribution in [-0.2, 0) is 4.74 Å². The predicted molar refractivity (Wildman–Crippen MR) is 58.3 cm³/mol. The molecule has 0 aromatic carbocycles. The van der Waals surface area contributed by atoms with Crippen LogP contribution >= 0.6 is 0 Å². The zero-order valence-electron chi connectivity index (χ0n) is 9.89. The van der Waals surface area contributed by atoms with Crippen LogP contribution in [0, 0.1) is 11.8 Å². The summed E-state index contributed by atoms with van der Waals surface area (Å²) in [6.07, 6.45) is 2.71. The lowest BCUT2D eigenvalue weighted by Gasteiger charge is -2.48. The monoisotopic (exact) mass is 197 g/mol. The Morgan fingerprint density at radius 1 is 1.21 bits per heavy atom. The van der Waals surface area contributed by atoms with E-state index in [1.165, 1.54) is 12.8 Å². The number of morpholine rings is 1. The van der Waals surface area contributed by atoms with Gasteiger partial charge in [0.05, 0.1) is 11.2 Å². The molecule has 2 aliphatic rings. The van der Waals surface area contributed by atoms with Gasteiger partial charge < -0.3 is 10.1 Å². The van der Waals surface area contributed by atoms with Crippen LogP contribution in [0.2, 0.25) is 0 Å². The van der Waals surface area contributed by atoms with E-state index in [-0.39, 0.29) is 11.2 Å². The van der Waals surface area contributed by atoms with Crippen molar-refractivity contribution in [3.8, 4) is 0 Å². The molecule has 1 saturated carbocycles. The van der Waals surface area contributed by atoms with E-state index in [1.807, 2.05) is 0 Å². The summed E-state index contributed by atoms with van der Waals surface area (Å²) in [6, 6.07) is 0. The van der Waals surface area contributed by atoms with E-state index in [1.54, 1.807) is 0 Å². The van der Waals surface area contributed by atoms with Gasteiger partial charge >= 0.3 is 0 Å². The number of rotatable bonds is 2. The SMILES string of the molecule is CC(C)C1(C)CNCC(C)(C2CC2)O1. The molecule has 1 aliphatic carbocycles. The summed E-state index contributed by atoms with van der Waals surface area (Å²) >= 11 is 0. The molecule has 2 unspecified atom stereocenters. The maximum Gasteiger partial charge on any atom is 0.0814 e. The standard InChI is InChI=1S/C12H23NO/c1-9(2)11(3)7-13-8-12(4,14-11)10-5-6-10/h9-10,13H,5-8H2,1-4H3. The summed E-state index contributed by atoms with van der Waals surface area (Å²) < 4.78 is 6.38. The number of ether oxygens (including phenoxy) is 1. The van der Waals surface area contributed by atoms with Crippen molar-refractivity contribution in [1.82, 2.24) is 5.32 Å². The smallest absolute Gasteiger partial charge is 0.0814 e. The van der Waals surface area contributed by atoms with Crippen LogP contribution in [0.1, 0.15) is 40.5 Å². The lowest BCUT2D eigenvalue weighted by molar-refractivity contribution is -0.189. The molecule has 0 amide bonds. The Kier molecular flexibility index (Phi) is 2.39. The van der Waals surface area contributed by atoms with Gasteiger partial charge in [0, 0.05) is 13.1 Å². The van der Waals surface area contributed by atoms with Crippen LogP contribution in [0.15, 0.2) is 0 Å². The molecule has 1 heterocycles. The Labute approximate surface area is 87.4 Å². The minimum absolute atomic E-state index is 0.0234. The third kappa shape index (κ3) is 1.70. The van der Waals surface area contributed by atoms with Gasteiger partial charge in [-0.05, 0) is 38.5 Å². The predicted octanol–water partition coefficient (Wildman–Crippen LogP) is 2.19. The molecule has 0 aromatic heterocycles. The van der Waals surface area contributed by atoms with Crippen LogP contribution in [0.5, 0.6) is 0 Å².